The second-order valence-corrected chi connectivity index (χ2v) is 26.0. The van der Waals surface area contributed by atoms with E-state index in [1.807, 2.05) is 0 Å². The third kappa shape index (κ3) is 8.44. The van der Waals surface area contributed by atoms with Crippen LogP contribution in [0.4, 0.5) is 0 Å². The van der Waals surface area contributed by atoms with E-state index in [9.17, 15) is 0 Å². The molecule has 0 amide bonds. The Labute approximate surface area is 497 Å². The molecule has 0 saturated carbocycles. The maximum absolute atomic E-state index is 2.81. The molecule has 11 aliphatic carbocycles. The van der Waals surface area contributed by atoms with Gasteiger partial charge in [0.05, 0.1) is 0 Å². The zero-order chi connectivity index (χ0) is 55.2. The minimum atomic E-state index is 0.265. The molecule has 0 nitrogen and oxygen atoms in total. The summed E-state index contributed by atoms with van der Waals surface area (Å²) in [5.41, 5.74) is 29.9. The van der Waals surface area contributed by atoms with Gasteiger partial charge in [-0.2, -0.15) is 0 Å². The van der Waals surface area contributed by atoms with Crippen molar-refractivity contribution in [2.75, 3.05) is 0 Å². The Morgan fingerprint density at radius 1 is 0.429 bits per heavy atom. The summed E-state index contributed by atoms with van der Waals surface area (Å²) in [6.45, 7) is 0. The molecule has 0 aromatic heterocycles. The van der Waals surface area contributed by atoms with E-state index in [1.165, 1.54) is 104 Å². The van der Waals surface area contributed by atoms with Gasteiger partial charge in [0.25, 0.3) is 0 Å². The Balaban J connectivity index is 0.905. The van der Waals surface area contributed by atoms with Crippen molar-refractivity contribution in [3.05, 3.63) is 305 Å². The number of rotatable bonds is 8. The van der Waals surface area contributed by atoms with Crippen molar-refractivity contribution < 1.29 is 0 Å². The van der Waals surface area contributed by atoms with E-state index in [1.54, 1.807) is 39.0 Å². The Kier molecular flexibility index (Phi) is 12.6. The lowest BCUT2D eigenvalue weighted by atomic mass is 9.66. The van der Waals surface area contributed by atoms with Crippen LogP contribution in [0, 0.1) is 17.8 Å². The Morgan fingerprint density at radius 2 is 1.19 bits per heavy atom. The molecule has 0 aliphatic heterocycles. The normalized spacial score (nSPS) is 25.2. The Morgan fingerprint density at radius 3 is 2.05 bits per heavy atom. The van der Waals surface area contributed by atoms with Crippen LogP contribution in [-0.4, -0.2) is 0 Å². The van der Waals surface area contributed by atoms with Crippen molar-refractivity contribution in [3.63, 3.8) is 0 Å². The van der Waals surface area contributed by atoms with E-state index in [4.69, 9.17) is 0 Å². The highest BCUT2D eigenvalue weighted by Gasteiger charge is 2.37. The first kappa shape index (κ1) is 50.5. The Hall–Kier alpha value is -8.06. The molecule has 0 N–H and O–H groups in total. The lowest BCUT2D eigenvalue weighted by molar-refractivity contribution is 0.464. The minimum absolute atomic E-state index is 0.265. The molecular weight excluding hydrogens is 1010 g/mol. The number of benzene rings is 6. The fraction of sp³-hybridized carbons (Fsp3) is 0.262. The summed E-state index contributed by atoms with van der Waals surface area (Å²) in [4.78, 5) is 0. The van der Waals surface area contributed by atoms with Gasteiger partial charge in [0.2, 0.25) is 0 Å². The molecule has 6 unspecified atom stereocenters. The smallest absolute Gasteiger partial charge is 0.0127 e. The molecule has 6 aromatic carbocycles. The summed E-state index contributed by atoms with van der Waals surface area (Å²) in [5, 5.41) is 8.84. The molecule has 6 atom stereocenters. The summed E-state index contributed by atoms with van der Waals surface area (Å²) < 4.78 is 0. The van der Waals surface area contributed by atoms with Gasteiger partial charge in [-0.1, -0.05) is 200 Å². The standard InChI is InChI=1S/C84H74/c1-5-21-53(22-6-1)63-37-41-67(75-33-17-13-29-71(63)75)57-45-61-46-58(68-42-38-64(54-23-7-2-8-24-54)72-30-14-18-34-76(68)72)51-81-82-52-60(70-44-40-66(56-27-11-4-12-28-56)74-32-16-20-36-78(70)74)48-62-47-59(50-80(84(62)82)79(49-57)83(61)81)69-43-39-65(55-25-9-3-10-26-55)73-31-15-19-35-77(69)73/h1,4-7,9,11-12,14-15,17-18,20-21,23-28,30-31,33-34,36-37,39-40,42-43,45-48,51-53,57,59,64,67,70H,2-3,8,10,13,16,19,22,29,32,35,38,41,44,49-50H2. The third-order valence-corrected chi connectivity index (χ3v) is 21.5. The average Bonchev–Trinajstić information content (AvgIpc) is 1.45. The highest BCUT2D eigenvalue weighted by Crippen LogP contribution is 2.51. The largest absolute Gasteiger partial charge is 0.0839 e. The molecule has 84 heavy (non-hydrogen) atoms. The van der Waals surface area contributed by atoms with Crippen molar-refractivity contribution in [2.45, 2.75) is 120 Å². The van der Waals surface area contributed by atoms with E-state index in [0.29, 0.717) is 23.7 Å². The van der Waals surface area contributed by atoms with Crippen LogP contribution < -0.4 is 10.4 Å². The predicted octanol–water partition coefficient (Wildman–Crippen LogP) is 19.9. The second-order valence-electron chi connectivity index (χ2n) is 26.0. The van der Waals surface area contributed by atoms with Crippen LogP contribution in [0.1, 0.15) is 162 Å². The first-order valence-electron chi connectivity index (χ1n) is 32.4. The van der Waals surface area contributed by atoms with Crippen LogP contribution in [0.15, 0.2) is 234 Å². The van der Waals surface area contributed by atoms with Gasteiger partial charge in [-0.3, -0.25) is 0 Å². The summed E-state index contributed by atoms with van der Waals surface area (Å²) in [7, 11) is 0. The van der Waals surface area contributed by atoms with E-state index < -0.39 is 0 Å². The van der Waals surface area contributed by atoms with Gasteiger partial charge in [-0.25, -0.2) is 0 Å². The maximum Gasteiger partial charge on any atom is 0.0127 e. The molecule has 0 heterocycles. The van der Waals surface area contributed by atoms with Gasteiger partial charge in [-0.15, -0.1) is 0 Å². The molecule has 17 rings (SSSR count). The van der Waals surface area contributed by atoms with Gasteiger partial charge in [0.15, 0.2) is 0 Å². The minimum Gasteiger partial charge on any atom is -0.0839 e. The Bertz CT molecular complexity index is 4430. The van der Waals surface area contributed by atoms with Gasteiger partial charge in [0.1, 0.15) is 0 Å². The van der Waals surface area contributed by atoms with Gasteiger partial charge < -0.3 is 0 Å². The van der Waals surface area contributed by atoms with E-state index >= 15 is 0 Å². The topological polar surface area (TPSA) is 0 Å². The van der Waals surface area contributed by atoms with Crippen LogP contribution in [0.3, 0.4) is 0 Å². The van der Waals surface area contributed by atoms with E-state index in [0.717, 1.165) is 103 Å². The van der Waals surface area contributed by atoms with Gasteiger partial charge in [0, 0.05) is 23.7 Å². The van der Waals surface area contributed by atoms with E-state index in [-0.39, 0.29) is 11.8 Å². The molecule has 0 saturated heterocycles. The fourth-order valence-corrected chi connectivity index (χ4v) is 17.7. The lowest BCUT2D eigenvalue weighted by Gasteiger charge is -2.38. The maximum atomic E-state index is 2.81. The SMILES string of the molecule is C1=CCC(C2=CCC(C3C=c4cc(C5=CCC(C6=CCCC=C6)c6ccccc65)cc5c4c(c4c6c(cc(C7CC=C(c8ccccc8)C8=C7C=CCC8)cc65)=CC(c5ccc(C6=CCCC=C6)c6c5CCC=C6)C4)C3)C3=C2CCC=C3)C=C1. The van der Waals surface area contributed by atoms with Crippen molar-refractivity contribution in [1.29, 1.82) is 0 Å². The van der Waals surface area contributed by atoms with E-state index in [2.05, 4.69) is 219 Å². The molecule has 6 aromatic rings. The molecule has 410 valence electrons. The third-order valence-electron chi connectivity index (χ3n) is 21.5. The summed E-state index contributed by atoms with van der Waals surface area (Å²) in [5.74, 6) is 2.20. The van der Waals surface area contributed by atoms with Crippen LogP contribution >= 0.6 is 0 Å². The van der Waals surface area contributed by atoms with Crippen molar-refractivity contribution in [2.24, 2.45) is 17.8 Å². The highest BCUT2D eigenvalue weighted by atomic mass is 14.4. The highest BCUT2D eigenvalue weighted by molar-refractivity contribution is 6.13. The number of hydrogen-bond acceptors (Lipinski definition) is 0. The molecule has 0 heteroatoms. The predicted molar refractivity (Wildman–Crippen MR) is 356 cm³/mol. The van der Waals surface area contributed by atoms with Crippen LogP contribution in [0.25, 0.3) is 56.5 Å². The van der Waals surface area contributed by atoms with Crippen molar-refractivity contribution in [1.82, 2.24) is 0 Å². The van der Waals surface area contributed by atoms with Crippen LogP contribution in [-0.2, 0) is 19.3 Å². The summed E-state index contributed by atoms with van der Waals surface area (Å²) >= 11 is 0. The zero-order valence-electron chi connectivity index (χ0n) is 48.6. The first-order valence-corrected chi connectivity index (χ1v) is 32.4. The molecule has 0 fully saturated rings. The second kappa shape index (κ2) is 20.9. The van der Waals surface area contributed by atoms with Crippen molar-refractivity contribution in [3.8, 4) is 0 Å². The summed E-state index contributed by atoms with van der Waals surface area (Å²) in [6.07, 6.45) is 69.9. The molecular formula is C84H74. The lowest BCUT2D eigenvalue weighted by Crippen LogP contribution is -2.30. The molecule has 0 radical (unpaired) electrons. The number of allylic oxidation sites excluding steroid dienone is 26. The zero-order valence-corrected chi connectivity index (χ0v) is 48.6. The number of fused-ring (bicyclic) bond motifs is 4. The van der Waals surface area contributed by atoms with Crippen LogP contribution in [0.5, 0.6) is 0 Å². The van der Waals surface area contributed by atoms with Crippen LogP contribution in [0.2, 0.25) is 0 Å². The average molecular weight is 1080 g/mol. The first-order chi connectivity index (χ1) is 41.7. The molecule has 0 spiro atoms. The number of hydrogen-bond donors (Lipinski definition) is 0. The fourth-order valence-electron chi connectivity index (χ4n) is 17.7. The quantitative estimate of drug-likeness (QED) is 0.133. The van der Waals surface area contributed by atoms with Gasteiger partial charge in [-0.05, 0) is 276 Å². The molecule has 0 bridgehead atoms. The molecule has 11 aliphatic rings. The van der Waals surface area contributed by atoms with Gasteiger partial charge >= 0.3 is 0 Å². The van der Waals surface area contributed by atoms with Crippen molar-refractivity contribution >= 4 is 56.5 Å². The monoisotopic (exact) mass is 1080 g/mol. The summed E-state index contributed by atoms with van der Waals surface area (Å²) in [6, 6.07) is 36.5.